The molecule has 1 aromatic carbocycles. The molecule has 160 valence electrons. The Kier molecular flexibility index (Phi) is 6.09. The molecule has 1 saturated heterocycles. The van der Waals surface area contributed by atoms with Gasteiger partial charge in [0.05, 0.1) is 6.04 Å². The van der Waals surface area contributed by atoms with Crippen LogP contribution in [0.15, 0.2) is 29.1 Å². The molecule has 0 spiro atoms. The molecule has 0 radical (unpaired) electrons. The molecule has 2 aromatic rings. The van der Waals surface area contributed by atoms with Crippen LogP contribution in [0.4, 0.5) is 5.69 Å². The van der Waals surface area contributed by atoms with E-state index in [-0.39, 0.29) is 18.1 Å². The smallest absolute Gasteiger partial charge is 0.296 e. The second-order valence-corrected chi connectivity index (χ2v) is 7.61. The van der Waals surface area contributed by atoms with Crippen molar-refractivity contribution in [2.45, 2.75) is 32.4 Å². The minimum Gasteiger partial charge on any atom is -0.501 e. The molecule has 0 saturated carbocycles. The van der Waals surface area contributed by atoms with Crippen molar-refractivity contribution in [3.05, 3.63) is 51.7 Å². The molecule has 0 bridgehead atoms. The zero-order valence-corrected chi connectivity index (χ0v) is 17.7. The van der Waals surface area contributed by atoms with Crippen LogP contribution >= 0.6 is 0 Å². The highest BCUT2D eigenvalue weighted by molar-refractivity contribution is 5.94. The molecule has 2 N–H and O–H groups in total. The topological polar surface area (TPSA) is 108 Å². The zero-order chi connectivity index (χ0) is 22.0. The summed E-state index contributed by atoms with van der Waals surface area (Å²) >= 11 is 0. The second kappa shape index (κ2) is 8.56. The molecular formula is C21H27N5O4. The van der Waals surface area contributed by atoms with Crippen molar-refractivity contribution < 1.29 is 14.7 Å². The Bertz CT molecular complexity index is 1030. The fraction of sp³-hybridized carbons (Fsp3) is 0.429. The molecule has 1 aliphatic heterocycles. The van der Waals surface area contributed by atoms with Crippen molar-refractivity contribution in [2.75, 3.05) is 25.5 Å². The van der Waals surface area contributed by atoms with Crippen LogP contribution in [0.3, 0.4) is 0 Å². The molecule has 2 amide bonds. The monoisotopic (exact) mass is 413 g/mol. The van der Waals surface area contributed by atoms with Crippen molar-refractivity contribution >= 4 is 17.5 Å². The van der Waals surface area contributed by atoms with Gasteiger partial charge < -0.3 is 20.2 Å². The molecule has 2 heterocycles. The fourth-order valence-electron chi connectivity index (χ4n) is 3.83. The Labute approximate surface area is 174 Å². The highest BCUT2D eigenvalue weighted by Crippen LogP contribution is 2.31. The summed E-state index contributed by atoms with van der Waals surface area (Å²) in [5, 5.41) is 13.0. The van der Waals surface area contributed by atoms with Crippen molar-refractivity contribution in [1.29, 1.82) is 0 Å². The van der Waals surface area contributed by atoms with Crippen molar-refractivity contribution in [1.82, 2.24) is 19.8 Å². The molecule has 0 aliphatic carbocycles. The number of nitrogens with one attached hydrogen (secondary N) is 1. The van der Waals surface area contributed by atoms with E-state index in [4.69, 9.17) is 0 Å². The molecule has 9 heteroatoms. The van der Waals surface area contributed by atoms with Gasteiger partial charge in [0.1, 0.15) is 5.82 Å². The number of carbonyl (C=O) groups excluding carboxylic acids is 2. The number of amides is 2. The lowest BCUT2D eigenvalue weighted by atomic mass is 10.1. The van der Waals surface area contributed by atoms with E-state index >= 15 is 0 Å². The lowest BCUT2D eigenvalue weighted by Gasteiger charge is -2.24. The van der Waals surface area contributed by atoms with Gasteiger partial charge in [-0.1, -0.05) is 18.2 Å². The number of para-hydroxylation sites is 1. The summed E-state index contributed by atoms with van der Waals surface area (Å²) in [5.41, 5.74) is 0.792. The van der Waals surface area contributed by atoms with E-state index in [1.807, 2.05) is 43.3 Å². The Balaban J connectivity index is 1.91. The first-order valence-electron chi connectivity index (χ1n) is 9.83. The predicted molar refractivity (Wildman–Crippen MR) is 112 cm³/mol. The van der Waals surface area contributed by atoms with Gasteiger partial charge in [-0.3, -0.25) is 19.0 Å². The third kappa shape index (κ3) is 4.00. The summed E-state index contributed by atoms with van der Waals surface area (Å²) in [7, 11) is 5.29. The number of aromatic hydroxyl groups is 1. The number of nitrogens with zero attached hydrogens (tertiary/aromatic N) is 4. The summed E-state index contributed by atoms with van der Waals surface area (Å²) in [6.07, 6.45) is 1.42. The second-order valence-electron chi connectivity index (χ2n) is 7.61. The Morgan fingerprint density at radius 2 is 2.00 bits per heavy atom. The quantitative estimate of drug-likeness (QED) is 0.762. The first-order chi connectivity index (χ1) is 14.2. The third-order valence-corrected chi connectivity index (χ3v) is 5.38. The molecule has 3 rings (SSSR count). The van der Waals surface area contributed by atoms with Crippen LogP contribution in [-0.4, -0.2) is 52.0 Å². The zero-order valence-electron chi connectivity index (χ0n) is 17.7. The molecule has 1 unspecified atom stereocenters. The van der Waals surface area contributed by atoms with Gasteiger partial charge in [0.2, 0.25) is 11.7 Å². The van der Waals surface area contributed by atoms with Gasteiger partial charge in [0.25, 0.3) is 11.5 Å². The van der Waals surface area contributed by atoms with E-state index in [2.05, 4.69) is 10.3 Å². The molecule has 1 atom stereocenters. The normalized spacial score (nSPS) is 15.9. The van der Waals surface area contributed by atoms with Crippen LogP contribution in [0.5, 0.6) is 5.75 Å². The highest BCUT2D eigenvalue weighted by atomic mass is 16.3. The number of rotatable bonds is 5. The van der Waals surface area contributed by atoms with E-state index in [1.54, 1.807) is 4.90 Å². The standard InChI is InChI=1S/C21H27N5O4/c1-13(27)26-11-7-10-16(26)19-23-17(18(28)21(30)25(19)4)20(29)22-12-14-8-5-6-9-15(14)24(2)3/h5-6,8-9,16,28H,7,10-12H2,1-4H3,(H,22,29). The maximum atomic E-state index is 12.8. The number of hydrogen-bond donors (Lipinski definition) is 2. The average molecular weight is 413 g/mol. The number of carbonyl (C=O) groups is 2. The lowest BCUT2D eigenvalue weighted by Crippen LogP contribution is -2.35. The molecule has 1 fully saturated rings. The third-order valence-electron chi connectivity index (χ3n) is 5.38. The number of likely N-dealkylation sites (tertiary alicyclic amines) is 1. The van der Waals surface area contributed by atoms with Crippen molar-refractivity contribution in [2.24, 2.45) is 7.05 Å². The van der Waals surface area contributed by atoms with Crippen molar-refractivity contribution in [3.8, 4) is 5.75 Å². The van der Waals surface area contributed by atoms with Crippen LogP contribution in [0.25, 0.3) is 0 Å². The number of aromatic nitrogens is 2. The van der Waals surface area contributed by atoms with Crippen LogP contribution in [-0.2, 0) is 18.4 Å². The van der Waals surface area contributed by atoms with E-state index < -0.39 is 23.3 Å². The molecular weight excluding hydrogens is 386 g/mol. The van der Waals surface area contributed by atoms with Gasteiger partial charge in [0, 0.05) is 46.8 Å². The van der Waals surface area contributed by atoms with Gasteiger partial charge in [-0.05, 0) is 24.5 Å². The highest BCUT2D eigenvalue weighted by Gasteiger charge is 2.33. The average Bonchev–Trinajstić information content (AvgIpc) is 3.20. The molecule has 1 aliphatic rings. The van der Waals surface area contributed by atoms with Gasteiger partial charge >= 0.3 is 0 Å². The summed E-state index contributed by atoms with van der Waals surface area (Å²) in [5.74, 6) is -1.17. The van der Waals surface area contributed by atoms with Crippen LogP contribution < -0.4 is 15.8 Å². The van der Waals surface area contributed by atoms with Gasteiger partial charge in [0.15, 0.2) is 5.69 Å². The molecule has 1 aromatic heterocycles. The largest absolute Gasteiger partial charge is 0.501 e. The van der Waals surface area contributed by atoms with Crippen molar-refractivity contribution in [3.63, 3.8) is 0 Å². The van der Waals surface area contributed by atoms with E-state index in [9.17, 15) is 19.5 Å². The van der Waals surface area contributed by atoms with E-state index in [1.165, 1.54) is 18.5 Å². The minimum atomic E-state index is -0.714. The summed E-state index contributed by atoms with van der Waals surface area (Å²) in [6, 6.07) is 7.20. The Morgan fingerprint density at radius 1 is 1.30 bits per heavy atom. The Morgan fingerprint density at radius 3 is 2.67 bits per heavy atom. The SMILES string of the molecule is CC(=O)N1CCCC1c1nc(C(=O)NCc2ccccc2N(C)C)c(O)c(=O)n1C. The van der Waals surface area contributed by atoms with E-state index in [0.29, 0.717) is 18.8 Å². The molecule has 9 nitrogen and oxygen atoms in total. The maximum absolute atomic E-state index is 12.8. The first-order valence-corrected chi connectivity index (χ1v) is 9.83. The van der Waals surface area contributed by atoms with Crippen LogP contribution in [0.2, 0.25) is 0 Å². The Hall–Kier alpha value is -3.36. The molecule has 30 heavy (non-hydrogen) atoms. The maximum Gasteiger partial charge on any atom is 0.296 e. The van der Waals surface area contributed by atoms with E-state index in [0.717, 1.165) is 17.7 Å². The van der Waals surface area contributed by atoms with Gasteiger partial charge in [-0.15, -0.1) is 0 Å². The number of anilines is 1. The van der Waals surface area contributed by atoms with Gasteiger partial charge in [-0.2, -0.15) is 0 Å². The van der Waals surface area contributed by atoms with Gasteiger partial charge in [-0.25, -0.2) is 4.98 Å². The first kappa shape index (κ1) is 21.4. The summed E-state index contributed by atoms with van der Waals surface area (Å²) in [6.45, 7) is 2.24. The fourth-order valence-corrected chi connectivity index (χ4v) is 3.83. The van der Waals surface area contributed by atoms with Crippen LogP contribution in [0.1, 0.15) is 47.7 Å². The summed E-state index contributed by atoms with van der Waals surface area (Å²) in [4.78, 5) is 45.2. The lowest BCUT2D eigenvalue weighted by molar-refractivity contribution is -0.129. The predicted octanol–water partition coefficient (Wildman–Crippen LogP) is 1.17. The number of hydrogen-bond acceptors (Lipinski definition) is 6. The summed E-state index contributed by atoms with van der Waals surface area (Å²) < 4.78 is 1.21. The van der Waals surface area contributed by atoms with Crippen LogP contribution in [0, 0.1) is 0 Å². The minimum absolute atomic E-state index is 0.119. The number of benzene rings is 1.